The summed E-state index contributed by atoms with van der Waals surface area (Å²) < 4.78 is 10.0. The van der Waals surface area contributed by atoms with Crippen molar-refractivity contribution in [2.75, 3.05) is 13.7 Å². The van der Waals surface area contributed by atoms with Crippen LogP contribution in [0.3, 0.4) is 0 Å². The smallest absolute Gasteiger partial charge is 0.407 e. The maximum absolute atomic E-state index is 11.7. The van der Waals surface area contributed by atoms with Crippen LogP contribution in [0.25, 0.3) is 0 Å². The molecular formula is C20H23NO7. The summed E-state index contributed by atoms with van der Waals surface area (Å²) in [5.41, 5.74) is 0.978. The molecular weight excluding hydrogens is 366 g/mol. The van der Waals surface area contributed by atoms with Crippen molar-refractivity contribution < 1.29 is 34.4 Å². The molecule has 150 valence electrons. The second-order valence-electron chi connectivity index (χ2n) is 6.07. The third-order valence-corrected chi connectivity index (χ3v) is 4.09. The molecule has 0 aliphatic heterocycles. The highest BCUT2D eigenvalue weighted by Gasteiger charge is 2.24. The second kappa shape index (κ2) is 10.3. The predicted molar refractivity (Wildman–Crippen MR) is 100 cm³/mol. The summed E-state index contributed by atoms with van der Waals surface area (Å²) in [6.07, 6.45) is -2.90. The van der Waals surface area contributed by atoms with Gasteiger partial charge in [0.15, 0.2) is 11.5 Å². The Kier molecular flexibility index (Phi) is 7.79. The molecule has 2 atom stereocenters. The van der Waals surface area contributed by atoms with Crippen LogP contribution in [0, 0.1) is 0 Å². The van der Waals surface area contributed by atoms with Crippen molar-refractivity contribution in [1.82, 2.24) is 5.32 Å². The Morgan fingerprint density at radius 1 is 1.21 bits per heavy atom. The lowest BCUT2D eigenvalue weighted by atomic mass is 9.98. The third-order valence-electron chi connectivity index (χ3n) is 4.09. The summed E-state index contributed by atoms with van der Waals surface area (Å²) in [6.45, 7) is 0.154. The van der Waals surface area contributed by atoms with Crippen LogP contribution in [0.2, 0.25) is 0 Å². The zero-order valence-corrected chi connectivity index (χ0v) is 15.4. The number of hydrogen-bond acceptors (Lipinski definition) is 7. The summed E-state index contributed by atoms with van der Waals surface area (Å²) in [5.74, 6) is -0.358. The number of aliphatic hydroxyl groups is 2. The molecule has 0 fully saturated rings. The summed E-state index contributed by atoms with van der Waals surface area (Å²) in [7, 11) is 1.31. The van der Waals surface area contributed by atoms with E-state index in [0.717, 1.165) is 5.56 Å². The molecule has 4 N–H and O–H groups in total. The van der Waals surface area contributed by atoms with Gasteiger partial charge in [-0.25, -0.2) is 4.79 Å². The first-order valence-corrected chi connectivity index (χ1v) is 8.63. The number of phenols is 1. The molecule has 0 aliphatic carbocycles. The quantitative estimate of drug-likeness (QED) is 0.483. The van der Waals surface area contributed by atoms with E-state index in [4.69, 9.17) is 9.47 Å². The van der Waals surface area contributed by atoms with Crippen LogP contribution in [0.4, 0.5) is 4.79 Å². The van der Waals surface area contributed by atoms with E-state index in [9.17, 15) is 24.9 Å². The molecule has 0 saturated heterocycles. The number of methoxy groups -OCH3 is 1. The van der Waals surface area contributed by atoms with E-state index >= 15 is 0 Å². The van der Waals surface area contributed by atoms with Gasteiger partial charge in [-0.3, -0.25) is 4.79 Å². The largest absolute Gasteiger partial charge is 0.504 e. The van der Waals surface area contributed by atoms with Gasteiger partial charge in [-0.2, -0.15) is 0 Å². The highest BCUT2D eigenvalue weighted by atomic mass is 16.5. The fraction of sp³-hybridized carbons (Fsp3) is 0.300. The Balaban J connectivity index is 1.86. The van der Waals surface area contributed by atoms with Crippen molar-refractivity contribution in [3.8, 4) is 11.5 Å². The van der Waals surface area contributed by atoms with E-state index in [1.807, 2.05) is 30.3 Å². The van der Waals surface area contributed by atoms with Crippen molar-refractivity contribution in [1.29, 1.82) is 0 Å². The van der Waals surface area contributed by atoms with Crippen LogP contribution < -0.4 is 10.1 Å². The van der Waals surface area contributed by atoms with Crippen molar-refractivity contribution >= 4 is 12.4 Å². The van der Waals surface area contributed by atoms with Crippen LogP contribution in [-0.4, -0.2) is 47.5 Å². The molecule has 0 radical (unpaired) electrons. The van der Waals surface area contributed by atoms with Gasteiger partial charge in [-0.15, -0.1) is 0 Å². The molecule has 28 heavy (non-hydrogen) atoms. The average Bonchev–Trinajstić information content (AvgIpc) is 2.72. The molecule has 0 aromatic heterocycles. The first-order chi connectivity index (χ1) is 13.5. The molecule has 0 spiro atoms. The lowest BCUT2D eigenvalue weighted by Crippen LogP contribution is -2.29. The molecule has 0 heterocycles. The maximum atomic E-state index is 11.7. The highest BCUT2D eigenvalue weighted by Crippen LogP contribution is 2.36. The van der Waals surface area contributed by atoms with Gasteiger partial charge in [0.25, 0.3) is 0 Å². The number of carbonyl (C=O) groups is 2. The number of phenolic OH excluding ortho intramolecular Hbond substituents is 1. The van der Waals surface area contributed by atoms with Gasteiger partial charge >= 0.3 is 6.09 Å². The van der Waals surface area contributed by atoms with E-state index in [1.54, 1.807) is 0 Å². The van der Waals surface area contributed by atoms with Crippen molar-refractivity contribution in [3.05, 3.63) is 59.2 Å². The first-order valence-electron chi connectivity index (χ1n) is 8.63. The summed E-state index contributed by atoms with van der Waals surface area (Å²) in [4.78, 5) is 22.7. The maximum Gasteiger partial charge on any atom is 0.407 e. The number of ether oxygens (including phenoxy) is 2. The number of alkyl carbamates (subject to hydrolysis) is 1. The van der Waals surface area contributed by atoms with Crippen LogP contribution in [0.1, 0.15) is 34.0 Å². The number of hydrogen-bond donors (Lipinski definition) is 4. The zero-order chi connectivity index (χ0) is 20.5. The minimum absolute atomic E-state index is 0.00528. The van der Waals surface area contributed by atoms with Crippen LogP contribution in [0.15, 0.2) is 42.5 Å². The van der Waals surface area contributed by atoms with Crippen molar-refractivity contribution in [3.63, 3.8) is 0 Å². The normalized spacial score (nSPS) is 12.7. The Bertz CT molecular complexity index is 795. The molecule has 0 saturated carbocycles. The number of aromatic hydroxyl groups is 1. The van der Waals surface area contributed by atoms with Crippen LogP contribution >= 0.6 is 0 Å². The van der Waals surface area contributed by atoms with Gasteiger partial charge in [0.05, 0.1) is 13.2 Å². The third kappa shape index (κ3) is 5.70. The summed E-state index contributed by atoms with van der Waals surface area (Å²) in [5, 5.41) is 33.1. The Morgan fingerprint density at radius 3 is 2.57 bits per heavy atom. The SMILES string of the molecule is COc1cc(C=O)cc(C(O)C(O)CCNC(=O)OCc2ccccc2)c1O. The van der Waals surface area contributed by atoms with E-state index in [-0.39, 0.29) is 42.2 Å². The van der Waals surface area contributed by atoms with Gasteiger partial charge in [0.1, 0.15) is 19.0 Å². The van der Waals surface area contributed by atoms with Gasteiger partial charge in [-0.05, 0) is 24.1 Å². The molecule has 2 aromatic rings. The molecule has 8 heteroatoms. The Labute approximate surface area is 162 Å². The topological polar surface area (TPSA) is 125 Å². The monoisotopic (exact) mass is 389 g/mol. The Hall–Kier alpha value is -3.10. The molecule has 2 unspecified atom stereocenters. The van der Waals surface area contributed by atoms with E-state index in [2.05, 4.69) is 5.32 Å². The summed E-state index contributed by atoms with van der Waals surface area (Å²) >= 11 is 0. The number of aliphatic hydroxyl groups excluding tert-OH is 2. The first kappa shape index (κ1) is 21.2. The lowest BCUT2D eigenvalue weighted by Gasteiger charge is -2.20. The number of nitrogens with one attached hydrogen (secondary N) is 1. The standard InChI is InChI=1S/C20H23NO7/c1-27-17-10-14(11-22)9-15(19(17)25)18(24)16(23)7-8-21-20(26)28-12-13-5-3-2-4-6-13/h2-6,9-11,16,18,23-25H,7-8,12H2,1H3,(H,21,26). The van der Waals surface area contributed by atoms with Gasteiger partial charge in [0, 0.05) is 17.7 Å². The van der Waals surface area contributed by atoms with E-state index in [0.29, 0.717) is 6.29 Å². The molecule has 0 bridgehead atoms. The highest BCUT2D eigenvalue weighted by molar-refractivity contribution is 5.77. The molecule has 8 nitrogen and oxygen atoms in total. The fourth-order valence-corrected chi connectivity index (χ4v) is 2.56. The van der Waals surface area contributed by atoms with E-state index < -0.39 is 18.3 Å². The van der Waals surface area contributed by atoms with Gasteiger partial charge in [-0.1, -0.05) is 30.3 Å². The van der Waals surface area contributed by atoms with Gasteiger partial charge in [0.2, 0.25) is 0 Å². The van der Waals surface area contributed by atoms with Crippen LogP contribution in [0.5, 0.6) is 11.5 Å². The minimum Gasteiger partial charge on any atom is -0.504 e. The fourth-order valence-electron chi connectivity index (χ4n) is 2.56. The number of amides is 1. The minimum atomic E-state index is -1.48. The van der Waals surface area contributed by atoms with Gasteiger partial charge < -0.3 is 30.1 Å². The number of rotatable bonds is 9. The van der Waals surface area contributed by atoms with Crippen LogP contribution in [-0.2, 0) is 11.3 Å². The predicted octanol–water partition coefficient (Wildman–Crippen LogP) is 1.92. The summed E-state index contributed by atoms with van der Waals surface area (Å²) in [6, 6.07) is 11.7. The van der Waals surface area contributed by atoms with Crippen molar-refractivity contribution in [2.24, 2.45) is 0 Å². The second-order valence-corrected chi connectivity index (χ2v) is 6.07. The van der Waals surface area contributed by atoms with Crippen molar-refractivity contribution in [2.45, 2.75) is 25.2 Å². The lowest BCUT2D eigenvalue weighted by molar-refractivity contribution is 0.0121. The average molecular weight is 389 g/mol. The number of benzene rings is 2. The molecule has 0 aliphatic rings. The Morgan fingerprint density at radius 2 is 1.93 bits per heavy atom. The number of carbonyl (C=O) groups excluding carboxylic acids is 2. The zero-order valence-electron chi connectivity index (χ0n) is 15.4. The number of aldehydes is 1. The molecule has 1 amide bonds. The molecule has 2 rings (SSSR count). The van der Waals surface area contributed by atoms with E-state index in [1.165, 1.54) is 19.2 Å². The molecule has 2 aromatic carbocycles.